The molecule has 0 atom stereocenters. The van der Waals surface area contributed by atoms with Crippen molar-refractivity contribution >= 4 is 17.5 Å². The Labute approximate surface area is 84.3 Å². The zero-order valence-electron chi connectivity index (χ0n) is 9.13. The number of nitrogens with two attached hydrogens (primary N) is 1. The highest BCUT2D eigenvalue weighted by Gasteiger charge is 2.09. The molecule has 0 unspecified atom stereocenters. The number of nitrogen functional groups attached to an aromatic ring is 1. The first-order chi connectivity index (χ1) is 6.60. The summed E-state index contributed by atoms with van der Waals surface area (Å²) in [5, 5.41) is 2.96. The molecule has 0 spiro atoms. The van der Waals surface area contributed by atoms with Crippen LogP contribution in [0.5, 0.6) is 0 Å². The Morgan fingerprint density at radius 2 is 2.00 bits per heavy atom. The minimum absolute atomic E-state index is 0.639. The van der Waals surface area contributed by atoms with Crippen molar-refractivity contribution in [2.24, 2.45) is 0 Å². The van der Waals surface area contributed by atoms with Crippen molar-refractivity contribution in [2.75, 3.05) is 37.1 Å². The molecule has 0 fully saturated rings. The monoisotopic (exact) mass is 195 g/mol. The predicted molar refractivity (Wildman–Crippen MR) is 59.7 cm³/mol. The van der Waals surface area contributed by atoms with Crippen LogP contribution < -0.4 is 16.0 Å². The average Bonchev–Trinajstić information content (AvgIpc) is 2.17. The Morgan fingerprint density at radius 3 is 2.43 bits per heavy atom. The summed E-state index contributed by atoms with van der Waals surface area (Å²) in [6.45, 7) is 2.03. The van der Waals surface area contributed by atoms with Crippen LogP contribution in [0.15, 0.2) is 0 Å². The topological polar surface area (TPSA) is 67.1 Å². The highest BCUT2D eigenvalue weighted by Crippen LogP contribution is 2.21. The predicted octanol–water partition coefficient (Wildman–Crippen LogP) is 0.729. The van der Waals surface area contributed by atoms with E-state index in [1.807, 2.05) is 25.9 Å². The van der Waals surface area contributed by atoms with Crippen LogP contribution in [0.4, 0.5) is 17.5 Å². The molecule has 5 heteroatoms. The van der Waals surface area contributed by atoms with Gasteiger partial charge in [0.25, 0.3) is 0 Å². The molecule has 0 aliphatic heterocycles. The number of nitrogens with one attached hydrogen (secondary N) is 1. The molecule has 78 valence electrons. The number of hydrogen-bond donors (Lipinski definition) is 2. The third-order valence-corrected chi connectivity index (χ3v) is 1.98. The first-order valence-corrected chi connectivity index (χ1v) is 4.61. The largest absolute Gasteiger partial charge is 0.394 e. The van der Waals surface area contributed by atoms with Gasteiger partial charge in [-0.05, 0) is 6.42 Å². The molecule has 0 aliphatic rings. The van der Waals surface area contributed by atoms with Crippen LogP contribution in [0.25, 0.3) is 0 Å². The summed E-state index contributed by atoms with van der Waals surface area (Å²) in [6, 6.07) is 0. The van der Waals surface area contributed by atoms with Gasteiger partial charge in [-0.3, -0.25) is 0 Å². The molecule has 14 heavy (non-hydrogen) atoms. The molecule has 3 N–H and O–H groups in total. The lowest BCUT2D eigenvalue weighted by molar-refractivity contribution is 0.945. The Bertz CT molecular complexity index is 296. The highest BCUT2D eigenvalue weighted by atomic mass is 15.2. The molecule has 0 aromatic carbocycles. The van der Waals surface area contributed by atoms with Crippen molar-refractivity contribution in [1.82, 2.24) is 9.97 Å². The van der Waals surface area contributed by atoms with Gasteiger partial charge in [0.05, 0.1) is 11.4 Å². The van der Waals surface area contributed by atoms with Crippen LogP contribution in [0.2, 0.25) is 0 Å². The maximum absolute atomic E-state index is 5.87. The minimum Gasteiger partial charge on any atom is -0.394 e. The van der Waals surface area contributed by atoms with Crippen molar-refractivity contribution < 1.29 is 0 Å². The normalized spacial score (nSPS) is 10.0. The summed E-state index contributed by atoms with van der Waals surface area (Å²) in [5.41, 5.74) is 7.39. The second-order valence-electron chi connectivity index (χ2n) is 3.23. The smallest absolute Gasteiger partial charge is 0.227 e. The van der Waals surface area contributed by atoms with E-state index in [0.29, 0.717) is 17.5 Å². The van der Waals surface area contributed by atoms with Crippen LogP contribution in [0, 0.1) is 0 Å². The zero-order valence-corrected chi connectivity index (χ0v) is 9.13. The van der Waals surface area contributed by atoms with Crippen molar-refractivity contribution in [1.29, 1.82) is 0 Å². The molecule has 1 heterocycles. The minimum atomic E-state index is 0.639. The molecular weight excluding hydrogens is 178 g/mol. The SMILES string of the molecule is CCc1nc(N(C)C)nc(NC)c1N. The number of anilines is 3. The van der Waals surface area contributed by atoms with E-state index in [1.54, 1.807) is 7.05 Å². The average molecular weight is 195 g/mol. The molecule has 0 bridgehead atoms. The van der Waals surface area contributed by atoms with Crippen LogP contribution in [0.3, 0.4) is 0 Å². The van der Waals surface area contributed by atoms with Gasteiger partial charge in [-0.1, -0.05) is 6.92 Å². The number of nitrogens with zero attached hydrogens (tertiary/aromatic N) is 3. The quantitative estimate of drug-likeness (QED) is 0.744. The molecule has 0 saturated heterocycles. The van der Waals surface area contributed by atoms with E-state index in [1.165, 1.54) is 0 Å². The van der Waals surface area contributed by atoms with E-state index in [0.717, 1.165) is 12.1 Å². The summed E-state index contributed by atoms with van der Waals surface area (Å²) >= 11 is 0. The standard InChI is InChI=1S/C9H17N5/c1-5-6-7(10)8(11-2)13-9(12-6)14(3)4/h5,10H2,1-4H3,(H,11,12,13). The summed E-state index contributed by atoms with van der Waals surface area (Å²) in [7, 11) is 5.62. The molecule has 0 saturated carbocycles. The third kappa shape index (κ3) is 1.86. The lowest BCUT2D eigenvalue weighted by Crippen LogP contribution is -2.16. The van der Waals surface area contributed by atoms with Gasteiger partial charge in [0.2, 0.25) is 5.95 Å². The second-order valence-corrected chi connectivity index (χ2v) is 3.23. The van der Waals surface area contributed by atoms with Gasteiger partial charge < -0.3 is 16.0 Å². The molecule has 0 aliphatic carbocycles. The van der Waals surface area contributed by atoms with Crippen LogP contribution >= 0.6 is 0 Å². The second kappa shape index (κ2) is 4.13. The Hall–Kier alpha value is -1.52. The van der Waals surface area contributed by atoms with E-state index in [2.05, 4.69) is 15.3 Å². The molecule has 1 aromatic heterocycles. The van der Waals surface area contributed by atoms with Gasteiger partial charge in [0, 0.05) is 21.1 Å². The van der Waals surface area contributed by atoms with Crippen molar-refractivity contribution in [3.63, 3.8) is 0 Å². The van der Waals surface area contributed by atoms with Gasteiger partial charge >= 0.3 is 0 Å². The summed E-state index contributed by atoms with van der Waals surface area (Å²) in [4.78, 5) is 10.5. The van der Waals surface area contributed by atoms with Gasteiger partial charge in [0.1, 0.15) is 0 Å². The Kier molecular flexibility index (Phi) is 3.11. The molecule has 0 amide bonds. The number of rotatable bonds is 3. The highest BCUT2D eigenvalue weighted by molar-refractivity contribution is 5.65. The van der Waals surface area contributed by atoms with Crippen LogP contribution in [-0.2, 0) is 6.42 Å². The zero-order chi connectivity index (χ0) is 10.7. The molecule has 1 rings (SSSR count). The first kappa shape index (κ1) is 10.6. The van der Waals surface area contributed by atoms with E-state index in [-0.39, 0.29) is 0 Å². The fourth-order valence-electron chi connectivity index (χ4n) is 1.16. The maximum Gasteiger partial charge on any atom is 0.227 e. The van der Waals surface area contributed by atoms with E-state index in [9.17, 15) is 0 Å². The van der Waals surface area contributed by atoms with Crippen molar-refractivity contribution in [3.8, 4) is 0 Å². The number of aryl methyl sites for hydroxylation is 1. The van der Waals surface area contributed by atoms with Gasteiger partial charge in [0.15, 0.2) is 5.82 Å². The van der Waals surface area contributed by atoms with Gasteiger partial charge in [-0.25, -0.2) is 4.98 Å². The summed E-state index contributed by atoms with van der Waals surface area (Å²) < 4.78 is 0. The van der Waals surface area contributed by atoms with Crippen LogP contribution in [0.1, 0.15) is 12.6 Å². The lowest BCUT2D eigenvalue weighted by Gasteiger charge is -2.15. The molecule has 5 nitrogen and oxygen atoms in total. The fourth-order valence-corrected chi connectivity index (χ4v) is 1.16. The lowest BCUT2D eigenvalue weighted by atomic mass is 10.2. The maximum atomic E-state index is 5.87. The van der Waals surface area contributed by atoms with Gasteiger partial charge in [-0.15, -0.1) is 0 Å². The Balaban J connectivity index is 3.25. The number of hydrogen-bond acceptors (Lipinski definition) is 5. The third-order valence-electron chi connectivity index (χ3n) is 1.98. The molecule has 1 aromatic rings. The van der Waals surface area contributed by atoms with Crippen molar-refractivity contribution in [2.45, 2.75) is 13.3 Å². The van der Waals surface area contributed by atoms with Gasteiger partial charge in [-0.2, -0.15) is 4.98 Å². The summed E-state index contributed by atoms with van der Waals surface area (Å²) in [5.74, 6) is 1.38. The summed E-state index contributed by atoms with van der Waals surface area (Å²) in [6.07, 6.45) is 0.809. The first-order valence-electron chi connectivity index (χ1n) is 4.61. The van der Waals surface area contributed by atoms with Crippen molar-refractivity contribution in [3.05, 3.63) is 5.69 Å². The fraction of sp³-hybridized carbons (Fsp3) is 0.556. The van der Waals surface area contributed by atoms with E-state index >= 15 is 0 Å². The van der Waals surface area contributed by atoms with E-state index in [4.69, 9.17) is 5.73 Å². The van der Waals surface area contributed by atoms with Crippen LogP contribution in [-0.4, -0.2) is 31.1 Å². The molecular formula is C9H17N5. The van der Waals surface area contributed by atoms with E-state index < -0.39 is 0 Å². The number of aromatic nitrogens is 2. The molecule has 0 radical (unpaired) electrons. The Morgan fingerprint density at radius 1 is 1.36 bits per heavy atom.